The predicted molar refractivity (Wildman–Crippen MR) is 82.8 cm³/mol. The zero-order chi connectivity index (χ0) is 17.2. The van der Waals surface area contributed by atoms with Gasteiger partial charge in [-0.1, -0.05) is 38.7 Å². The van der Waals surface area contributed by atoms with E-state index < -0.39 is 36.0 Å². The summed E-state index contributed by atoms with van der Waals surface area (Å²) in [5.74, 6) is -2.72. The highest BCUT2D eigenvalue weighted by molar-refractivity contribution is 5.85. The molecule has 0 radical (unpaired) electrons. The molecule has 1 amide bonds. The van der Waals surface area contributed by atoms with Gasteiger partial charge in [-0.05, 0) is 18.6 Å². The van der Waals surface area contributed by atoms with Crippen molar-refractivity contribution in [1.29, 1.82) is 0 Å². The molecule has 0 bridgehead atoms. The third-order valence-corrected chi connectivity index (χ3v) is 3.57. The molecule has 0 saturated heterocycles. The van der Waals surface area contributed by atoms with Crippen LogP contribution in [0.3, 0.4) is 0 Å². The van der Waals surface area contributed by atoms with Crippen molar-refractivity contribution in [2.75, 3.05) is 7.11 Å². The Morgan fingerprint density at radius 3 is 2.39 bits per heavy atom. The number of amides is 1. The van der Waals surface area contributed by atoms with Crippen molar-refractivity contribution in [3.05, 3.63) is 35.4 Å². The van der Waals surface area contributed by atoms with Crippen LogP contribution in [0.1, 0.15) is 44.6 Å². The van der Waals surface area contributed by atoms with E-state index in [0.717, 1.165) is 37.8 Å². The van der Waals surface area contributed by atoms with E-state index in [1.807, 2.05) is 0 Å². The Balaban J connectivity index is 2.64. The molecule has 128 valence electrons. The maximum Gasteiger partial charge on any atom is 0.328 e. The van der Waals surface area contributed by atoms with Crippen molar-refractivity contribution in [2.45, 2.75) is 51.5 Å². The van der Waals surface area contributed by atoms with Crippen LogP contribution < -0.4 is 5.32 Å². The first-order valence-electron chi connectivity index (χ1n) is 7.79. The molecule has 0 heterocycles. The molecule has 23 heavy (non-hydrogen) atoms. The molecule has 1 aromatic rings. The van der Waals surface area contributed by atoms with E-state index in [-0.39, 0.29) is 5.56 Å². The molecule has 1 atom stereocenters. The monoisotopic (exact) mass is 327 g/mol. The molecule has 1 aromatic carbocycles. The molecule has 0 aromatic heterocycles. The molecule has 0 aliphatic rings. The Labute approximate surface area is 135 Å². The highest BCUT2D eigenvalue weighted by Gasteiger charge is 2.22. The topological polar surface area (TPSA) is 55.4 Å². The minimum Gasteiger partial charge on any atom is -0.467 e. The van der Waals surface area contributed by atoms with Crippen LogP contribution in [0.25, 0.3) is 0 Å². The van der Waals surface area contributed by atoms with Gasteiger partial charge in [0, 0.05) is 5.56 Å². The van der Waals surface area contributed by atoms with Crippen LogP contribution in [0.4, 0.5) is 8.78 Å². The maximum atomic E-state index is 13.5. The van der Waals surface area contributed by atoms with Crippen LogP contribution >= 0.6 is 0 Å². The highest BCUT2D eigenvalue weighted by Crippen LogP contribution is 2.13. The van der Waals surface area contributed by atoms with Gasteiger partial charge in [0.1, 0.15) is 17.7 Å². The highest BCUT2D eigenvalue weighted by atomic mass is 19.1. The van der Waals surface area contributed by atoms with Gasteiger partial charge in [0.2, 0.25) is 5.91 Å². The fourth-order valence-electron chi connectivity index (χ4n) is 2.27. The van der Waals surface area contributed by atoms with E-state index in [1.165, 1.54) is 13.2 Å². The Hall–Kier alpha value is -1.98. The first-order valence-corrected chi connectivity index (χ1v) is 7.79. The van der Waals surface area contributed by atoms with Gasteiger partial charge in [-0.3, -0.25) is 4.79 Å². The fraction of sp³-hybridized carbons (Fsp3) is 0.529. The summed E-state index contributed by atoms with van der Waals surface area (Å²) in [4.78, 5) is 23.7. The molecule has 1 N–H and O–H groups in total. The summed E-state index contributed by atoms with van der Waals surface area (Å²) in [5.41, 5.74) is -0.306. The predicted octanol–water partition coefficient (Wildman–Crippen LogP) is 3.14. The third-order valence-electron chi connectivity index (χ3n) is 3.57. The number of unbranched alkanes of at least 4 members (excludes halogenated alkanes) is 3. The van der Waals surface area contributed by atoms with Gasteiger partial charge in [-0.25, -0.2) is 13.6 Å². The summed E-state index contributed by atoms with van der Waals surface area (Å²) in [5, 5.41) is 2.50. The van der Waals surface area contributed by atoms with Crippen LogP contribution in [0.5, 0.6) is 0 Å². The summed E-state index contributed by atoms with van der Waals surface area (Å²) in [6.07, 6.45) is 3.80. The number of benzene rings is 1. The van der Waals surface area contributed by atoms with Crippen LogP contribution in [-0.4, -0.2) is 25.0 Å². The molecular weight excluding hydrogens is 304 g/mol. The van der Waals surface area contributed by atoms with Gasteiger partial charge in [0.05, 0.1) is 13.5 Å². The van der Waals surface area contributed by atoms with E-state index in [9.17, 15) is 18.4 Å². The second-order valence-corrected chi connectivity index (χ2v) is 5.37. The SMILES string of the molecule is CCCCCC[C@H](NC(=O)Cc1c(F)cccc1F)C(=O)OC. The number of carbonyl (C=O) groups is 2. The minimum absolute atomic E-state index is 0.306. The Morgan fingerprint density at radius 2 is 1.83 bits per heavy atom. The Kier molecular flexibility index (Phi) is 8.22. The largest absolute Gasteiger partial charge is 0.467 e. The van der Waals surface area contributed by atoms with E-state index in [4.69, 9.17) is 0 Å². The number of rotatable bonds is 9. The summed E-state index contributed by atoms with van der Waals surface area (Å²) < 4.78 is 31.8. The molecule has 4 nitrogen and oxygen atoms in total. The number of hydrogen-bond donors (Lipinski definition) is 1. The zero-order valence-electron chi connectivity index (χ0n) is 13.5. The third kappa shape index (κ3) is 6.34. The van der Waals surface area contributed by atoms with Crippen molar-refractivity contribution < 1.29 is 23.1 Å². The number of esters is 1. The van der Waals surface area contributed by atoms with Gasteiger partial charge < -0.3 is 10.1 Å². The summed E-state index contributed by atoms with van der Waals surface area (Å²) in [7, 11) is 1.24. The zero-order valence-corrected chi connectivity index (χ0v) is 13.5. The van der Waals surface area contributed by atoms with Crippen molar-refractivity contribution in [2.24, 2.45) is 0 Å². The van der Waals surface area contributed by atoms with Gasteiger partial charge in [-0.15, -0.1) is 0 Å². The maximum absolute atomic E-state index is 13.5. The quantitative estimate of drug-likeness (QED) is 0.560. The first kappa shape index (κ1) is 19.1. The van der Waals surface area contributed by atoms with Gasteiger partial charge in [0.25, 0.3) is 0 Å². The molecule has 0 fully saturated rings. The first-order chi connectivity index (χ1) is 11.0. The van der Waals surface area contributed by atoms with E-state index >= 15 is 0 Å². The van der Waals surface area contributed by atoms with Crippen LogP contribution in [0.15, 0.2) is 18.2 Å². The van der Waals surface area contributed by atoms with Crippen molar-refractivity contribution in [3.8, 4) is 0 Å². The second-order valence-electron chi connectivity index (χ2n) is 5.37. The molecular formula is C17H23F2NO3. The van der Waals surface area contributed by atoms with Crippen molar-refractivity contribution in [3.63, 3.8) is 0 Å². The number of halogens is 2. The molecule has 0 spiro atoms. The van der Waals surface area contributed by atoms with Gasteiger partial charge >= 0.3 is 5.97 Å². The van der Waals surface area contributed by atoms with E-state index in [1.54, 1.807) is 0 Å². The minimum atomic E-state index is -0.792. The lowest BCUT2D eigenvalue weighted by Crippen LogP contribution is -2.42. The average molecular weight is 327 g/mol. The van der Waals surface area contributed by atoms with E-state index in [0.29, 0.717) is 6.42 Å². The number of carbonyl (C=O) groups excluding carboxylic acids is 2. The second kappa shape index (κ2) is 9.92. The molecule has 6 heteroatoms. The van der Waals surface area contributed by atoms with Gasteiger partial charge in [0.15, 0.2) is 0 Å². The van der Waals surface area contributed by atoms with Crippen LogP contribution in [-0.2, 0) is 20.7 Å². The van der Waals surface area contributed by atoms with Crippen LogP contribution in [0, 0.1) is 11.6 Å². The Bertz CT molecular complexity index is 514. The normalized spacial score (nSPS) is 11.8. The van der Waals surface area contributed by atoms with Crippen LogP contribution in [0.2, 0.25) is 0 Å². The van der Waals surface area contributed by atoms with Gasteiger partial charge in [-0.2, -0.15) is 0 Å². The number of hydrogen-bond acceptors (Lipinski definition) is 3. The van der Waals surface area contributed by atoms with Crippen molar-refractivity contribution >= 4 is 11.9 Å². The summed E-state index contributed by atoms with van der Waals surface area (Å²) >= 11 is 0. The molecule has 0 saturated carbocycles. The molecule has 0 unspecified atom stereocenters. The molecule has 1 rings (SSSR count). The number of ether oxygens (including phenoxy) is 1. The standard InChI is InChI=1S/C17H23F2NO3/c1-3-4-5-6-10-15(17(22)23-2)20-16(21)11-12-13(18)8-7-9-14(12)19/h7-9,15H,3-6,10-11H2,1-2H3,(H,20,21)/t15-/m0/s1. The number of nitrogens with one attached hydrogen (secondary N) is 1. The lowest BCUT2D eigenvalue weighted by molar-refractivity contribution is -0.145. The summed E-state index contributed by atoms with van der Waals surface area (Å²) in [6.45, 7) is 2.07. The van der Waals surface area contributed by atoms with Crippen molar-refractivity contribution in [1.82, 2.24) is 5.32 Å². The summed E-state index contributed by atoms with van der Waals surface area (Å²) in [6, 6.07) is 2.62. The lowest BCUT2D eigenvalue weighted by atomic mass is 10.1. The molecule has 0 aliphatic heterocycles. The number of methoxy groups -OCH3 is 1. The fourth-order valence-corrected chi connectivity index (χ4v) is 2.27. The lowest BCUT2D eigenvalue weighted by Gasteiger charge is -2.16. The molecule has 0 aliphatic carbocycles. The smallest absolute Gasteiger partial charge is 0.328 e. The Morgan fingerprint density at radius 1 is 1.17 bits per heavy atom. The average Bonchev–Trinajstić information content (AvgIpc) is 2.53. The van der Waals surface area contributed by atoms with E-state index in [2.05, 4.69) is 17.0 Å².